The van der Waals surface area contributed by atoms with Crippen LogP contribution in [0.2, 0.25) is 0 Å². The lowest BCUT2D eigenvalue weighted by Gasteiger charge is -2.17. The SMILES string of the molecule is Cc1cnc(C(=O)N(C)Cc2ncccc2C)cn1.O=C(O)C(F)(F)F. The van der Waals surface area contributed by atoms with Crippen molar-refractivity contribution in [2.24, 2.45) is 0 Å². The number of carboxylic acids is 1. The van der Waals surface area contributed by atoms with Gasteiger partial charge in [-0.3, -0.25) is 14.8 Å². The minimum Gasteiger partial charge on any atom is -0.475 e. The predicted molar refractivity (Wildman–Crippen MR) is 85.2 cm³/mol. The van der Waals surface area contributed by atoms with Crippen LogP contribution in [-0.4, -0.2) is 50.1 Å². The van der Waals surface area contributed by atoms with Gasteiger partial charge in [0.1, 0.15) is 5.69 Å². The van der Waals surface area contributed by atoms with Crippen LogP contribution in [0.15, 0.2) is 30.7 Å². The summed E-state index contributed by atoms with van der Waals surface area (Å²) in [5.74, 6) is -2.91. The van der Waals surface area contributed by atoms with Crippen molar-refractivity contribution >= 4 is 11.9 Å². The number of halogens is 3. The Labute approximate surface area is 147 Å². The summed E-state index contributed by atoms with van der Waals surface area (Å²) < 4.78 is 31.7. The molecule has 0 unspecified atom stereocenters. The smallest absolute Gasteiger partial charge is 0.475 e. The number of aromatic nitrogens is 3. The summed E-state index contributed by atoms with van der Waals surface area (Å²) in [6, 6.07) is 3.86. The van der Waals surface area contributed by atoms with E-state index in [4.69, 9.17) is 9.90 Å². The van der Waals surface area contributed by atoms with Crippen LogP contribution >= 0.6 is 0 Å². The van der Waals surface area contributed by atoms with Crippen LogP contribution < -0.4 is 0 Å². The van der Waals surface area contributed by atoms with E-state index in [0.29, 0.717) is 12.2 Å². The molecule has 26 heavy (non-hydrogen) atoms. The first-order valence-corrected chi connectivity index (χ1v) is 7.27. The van der Waals surface area contributed by atoms with Gasteiger partial charge in [-0.25, -0.2) is 9.78 Å². The van der Waals surface area contributed by atoms with Crippen molar-refractivity contribution in [3.05, 3.63) is 53.4 Å². The zero-order valence-corrected chi connectivity index (χ0v) is 14.3. The van der Waals surface area contributed by atoms with Gasteiger partial charge in [0, 0.05) is 19.4 Å². The van der Waals surface area contributed by atoms with Crippen molar-refractivity contribution in [1.82, 2.24) is 19.9 Å². The van der Waals surface area contributed by atoms with Crippen LogP contribution in [-0.2, 0) is 11.3 Å². The molecule has 0 saturated carbocycles. The minimum atomic E-state index is -5.08. The Bertz CT molecular complexity index is 764. The molecule has 0 aliphatic rings. The van der Waals surface area contributed by atoms with Gasteiger partial charge in [0.25, 0.3) is 5.91 Å². The lowest BCUT2D eigenvalue weighted by Crippen LogP contribution is -2.28. The number of rotatable bonds is 3. The molecule has 0 aliphatic carbocycles. The molecule has 7 nitrogen and oxygen atoms in total. The number of alkyl halides is 3. The van der Waals surface area contributed by atoms with Gasteiger partial charge in [0.05, 0.1) is 24.1 Å². The van der Waals surface area contributed by atoms with Gasteiger partial charge in [-0.05, 0) is 25.5 Å². The minimum absolute atomic E-state index is 0.155. The van der Waals surface area contributed by atoms with Gasteiger partial charge in [-0.15, -0.1) is 0 Å². The van der Waals surface area contributed by atoms with Gasteiger partial charge in [0.15, 0.2) is 0 Å². The van der Waals surface area contributed by atoms with Crippen LogP contribution in [0.4, 0.5) is 13.2 Å². The Balaban J connectivity index is 0.000000412. The highest BCUT2D eigenvalue weighted by Gasteiger charge is 2.38. The van der Waals surface area contributed by atoms with Crippen LogP contribution in [0.1, 0.15) is 27.4 Å². The third-order valence-electron chi connectivity index (χ3n) is 3.09. The van der Waals surface area contributed by atoms with E-state index in [2.05, 4.69) is 15.0 Å². The fraction of sp³-hybridized carbons (Fsp3) is 0.312. The number of nitrogens with zero attached hydrogens (tertiary/aromatic N) is 4. The Morgan fingerprint density at radius 1 is 1.15 bits per heavy atom. The Hall–Kier alpha value is -3.04. The third kappa shape index (κ3) is 6.46. The summed E-state index contributed by atoms with van der Waals surface area (Å²) >= 11 is 0. The van der Waals surface area contributed by atoms with Gasteiger partial charge < -0.3 is 10.0 Å². The summed E-state index contributed by atoms with van der Waals surface area (Å²) in [4.78, 5) is 35.1. The molecule has 0 aliphatic heterocycles. The average molecular weight is 370 g/mol. The highest BCUT2D eigenvalue weighted by Crippen LogP contribution is 2.13. The van der Waals surface area contributed by atoms with E-state index in [0.717, 1.165) is 17.0 Å². The lowest BCUT2D eigenvalue weighted by atomic mass is 10.2. The first-order chi connectivity index (χ1) is 12.0. The molecule has 2 heterocycles. The zero-order valence-electron chi connectivity index (χ0n) is 14.3. The fourth-order valence-corrected chi connectivity index (χ4v) is 1.68. The van der Waals surface area contributed by atoms with Crippen molar-refractivity contribution in [1.29, 1.82) is 0 Å². The Morgan fingerprint density at radius 3 is 2.23 bits per heavy atom. The van der Waals surface area contributed by atoms with Gasteiger partial charge in [-0.2, -0.15) is 13.2 Å². The molecule has 2 aromatic rings. The van der Waals surface area contributed by atoms with Crippen molar-refractivity contribution in [3.63, 3.8) is 0 Å². The fourth-order valence-electron chi connectivity index (χ4n) is 1.68. The molecule has 0 radical (unpaired) electrons. The molecule has 0 saturated heterocycles. The molecule has 0 fully saturated rings. The summed E-state index contributed by atoms with van der Waals surface area (Å²) in [5, 5.41) is 7.12. The van der Waals surface area contributed by atoms with E-state index in [9.17, 15) is 18.0 Å². The summed E-state index contributed by atoms with van der Waals surface area (Å²) in [7, 11) is 1.73. The summed E-state index contributed by atoms with van der Waals surface area (Å²) in [6.07, 6.45) is -0.265. The zero-order chi connectivity index (χ0) is 19.9. The number of hydrogen-bond donors (Lipinski definition) is 1. The molecule has 0 aromatic carbocycles. The molecular weight excluding hydrogens is 353 g/mol. The second kappa shape index (κ2) is 8.88. The maximum Gasteiger partial charge on any atom is 0.490 e. The number of aryl methyl sites for hydroxylation is 2. The molecule has 1 N–H and O–H groups in total. The van der Waals surface area contributed by atoms with E-state index in [-0.39, 0.29) is 5.91 Å². The number of hydrogen-bond acceptors (Lipinski definition) is 5. The van der Waals surface area contributed by atoms with E-state index >= 15 is 0 Å². The van der Waals surface area contributed by atoms with Crippen molar-refractivity contribution in [3.8, 4) is 0 Å². The number of amides is 1. The average Bonchev–Trinajstić information content (AvgIpc) is 2.56. The maximum absolute atomic E-state index is 12.2. The summed E-state index contributed by atoms with van der Waals surface area (Å²) in [5.41, 5.74) is 3.09. The van der Waals surface area contributed by atoms with E-state index in [1.54, 1.807) is 24.3 Å². The van der Waals surface area contributed by atoms with Crippen molar-refractivity contribution < 1.29 is 27.9 Å². The topological polar surface area (TPSA) is 96.3 Å². The standard InChI is InChI=1S/C14H16N4O.C2HF3O2/c1-10-5-4-6-15-13(10)9-18(3)14(19)12-8-16-11(2)7-17-12;3-2(4,5)1(6)7/h4-8H,9H2,1-3H3;(H,6,7). The number of aliphatic carboxylic acids is 1. The number of carbonyl (C=O) groups excluding carboxylic acids is 1. The van der Waals surface area contributed by atoms with Gasteiger partial charge in [0.2, 0.25) is 0 Å². The van der Waals surface area contributed by atoms with E-state index in [1.165, 1.54) is 6.20 Å². The highest BCUT2D eigenvalue weighted by molar-refractivity contribution is 5.91. The van der Waals surface area contributed by atoms with Crippen LogP contribution in [0.25, 0.3) is 0 Å². The molecule has 1 amide bonds. The Kier molecular flexibility index (Phi) is 7.17. The van der Waals surface area contributed by atoms with E-state index in [1.807, 2.05) is 26.0 Å². The molecule has 140 valence electrons. The van der Waals surface area contributed by atoms with Crippen LogP contribution in [0, 0.1) is 13.8 Å². The molecule has 0 atom stereocenters. The number of carbonyl (C=O) groups is 2. The molecule has 0 spiro atoms. The predicted octanol–water partition coefficient (Wildman–Crippen LogP) is 2.39. The number of pyridine rings is 1. The highest BCUT2D eigenvalue weighted by atomic mass is 19.4. The monoisotopic (exact) mass is 370 g/mol. The van der Waals surface area contributed by atoms with Gasteiger partial charge >= 0.3 is 12.1 Å². The third-order valence-corrected chi connectivity index (χ3v) is 3.09. The second-order valence-electron chi connectivity index (χ2n) is 5.27. The second-order valence-corrected chi connectivity index (χ2v) is 5.27. The maximum atomic E-state index is 12.2. The Morgan fingerprint density at radius 2 is 1.77 bits per heavy atom. The normalized spacial score (nSPS) is 10.5. The van der Waals surface area contributed by atoms with Crippen molar-refractivity contribution in [2.75, 3.05) is 7.05 Å². The molecule has 10 heteroatoms. The van der Waals surface area contributed by atoms with Gasteiger partial charge in [-0.1, -0.05) is 6.07 Å². The first kappa shape index (κ1) is 21.0. The molecule has 2 aromatic heterocycles. The van der Waals surface area contributed by atoms with Crippen LogP contribution in [0.5, 0.6) is 0 Å². The molecule has 0 bridgehead atoms. The van der Waals surface area contributed by atoms with E-state index < -0.39 is 12.1 Å². The molecular formula is C16H17F3N4O3. The quantitative estimate of drug-likeness (QED) is 0.891. The lowest BCUT2D eigenvalue weighted by molar-refractivity contribution is -0.192. The van der Waals surface area contributed by atoms with Crippen LogP contribution in [0.3, 0.4) is 0 Å². The summed E-state index contributed by atoms with van der Waals surface area (Å²) in [6.45, 7) is 4.27. The largest absolute Gasteiger partial charge is 0.490 e. The van der Waals surface area contributed by atoms with Crippen molar-refractivity contribution in [2.45, 2.75) is 26.6 Å². The number of carboxylic acid groups (broad SMARTS) is 1. The molecule has 2 rings (SSSR count). The first-order valence-electron chi connectivity index (χ1n) is 7.27.